The Hall–Kier alpha value is -1.00. The zero-order valence-electron chi connectivity index (χ0n) is 8.98. The lowest BCUT2D eigenvalue weighted by molar-refractivity contribution is 0.391. The highest BCUT2D eigenvalue weighted by atomic mass is 19.1. The van der Waals surface area contributed by atoms with Crippen molar-refractivity contribution in [3.8, 4) is 0 Å². The molecule has 0 fully saturated rings. The number of nitrogens with one attached hydrogen (secondary N) is 1. The molecule has 1 aromatic carbocycles. The monoisotopic (exact) mass is 214 g/mol. The van der Waals surface area contributed by atoms with Gasteiger partial charge in [-0.05, 0) is 32.0 Å². The highest BCUT2D eigenvalue weighted by Gasteiger charge is 2.15. The van der Waals surface area contributed by atoms with Crippen molar-refractivity contribution in [3.05, 3.63) is 35.4 Å². The van der Waals surface area contributed by atoms with Gasteiger partial charge < -0.3 is 11.1 Å². The van der Waals surface area contributed by atoms with Gasteiger partial charge in [0.25, 0.3) is 0 Å². The highest BCUT2D eigenvalue weighted by Crippen LogP contribution is 2.10. The van der Waals surface area contributed by atoms with E-state index in [0.29, 0.717) is 12.1 Å². The first-order valence-electron chi connectivity index (χ1n) is 4.83. The maximum Gasteiger partial charge on any atom is 0.127 e. The summed E-state index contributed by atoms with van der Waals surface area (Å²) in [7, 11) is 0. The quantitative estimate of drug-likeness (QED) is 0.802. The van der Waals surface area contributed by atoms with E-state index in [1.165, 1.54) is 6.07 Å². The maximum absolute atomic E-state index is 13.2. The number of nitrogens with two attached hydrogens (primary N) is 1. The number of hydrogen-bond acceptors (Lipinski definition) is 2. The normalized spacial score (nSPS) is 11.8. The average molecular weight is 214 g/mol. The molecule has 0 unspecified atom stereocenters. The van der Waals surface area contributed by atoms with Crippen molar-refractivity contribution in [3.63, 3.8) is 0 Å². The molecule has 1 aromatic rings. The lowest BCUT2D eigenvalue weighted by Gasteiger charge is -2.24. The molecule has 0 atom stereocenters. The van der Waals surface area contributed by atoms with Crippen molar-refractivity contribution in [2.45, 2.75) is 25.9 Å². The summed E-state index contributed by atoms with van der Waals surface area (Å²) in [6, 6.07) is 3.42. The Balaban J connectivity index is 2.69. The lowest BCUT2D eigenvalue weighted by Crippen LogP contribution is -2.45. The van der Waals surface area contributed by atoms with Crippen LogP contribution in [0.25, 0.3) is 0 Å². The van der Waals surface area contributed by atoms with Crippen LogP contribution in [0.3, 0.4) is 0 Å². The zero-order chi connectivity index (χ0) is 11.5. The fraction of sp³-hybridized carbons (Fsp3) is 0.455. The van der Waals surface area contributed by atoms with Crippen molar-refractivity contribution in [1.29, 1.82) is 0 Å². The van der Waals surface area contributed by atoms with Gasteiger partial charge in [-0.1, -0.05) is 0 Å². The second kappa shape index (κ2) is 4.68. The molecule has 0 aromatic heterocycles. The summed E-state index contributed by atoms with van der Waals surface area (Å²) in [6.07, 6.45) is 0. The molecule has 0 bridgehead atoms. The molecule has 1 rings (SSSR count). The van der Waals surface area contributed by atoms with E-state index in [0.717, 1.165) is 12.1 Å². The van der Waals surface area contributed by atoms with Gasteiger partial charge in [0.15, 0.2) is 0 Å². The van der Waals surface area contributed by atoms with E-state index in [1.54, 1.807) is 0 Å². The Morgan fingerprint density at radius 3 is 2.60 bits per heavy atom. The molecule has 0 aliphatic carbocycles. The van der Waals surface area contributed by atoms with E-state index in [-0.39, 0.29) is 12.1 Å². The van der Waals surface area contributed by atoms with Crippen LogP contribution >= 0.6 is 0 Å². The molecule has 84 valence electrons. The van der Waals surface area contributed by atoms with Gasteiger partial charge in [0.2, 0.25) is 0 Å². The topological polar surface area (TPSA) is 38.0 Å². The maximum atomic E-state index is 13.2. The predicted octanol–water partition coefficient (Wildman–Crippen LogP) is 1.79. The first-order valence-corrected chi connectivity index (χ1v) is 4.83. The molecule has 0 aliphatic rings. The minimum Gasteiger partial charge on any atom is -0.329 e. The van der Waals surface area contributed by atoms with Crippen molar-refractivity contribution >= 4 is 0 Å². The van der Waals surface area contributed by atoms with Crippen LogP contribution in [0.5, 0.6) is 0 Å². The summed E-state index contributed by atoms with van der Waals surface area (Å²) in [5.74, 6) is -0.838. The van der Waals surface area contributed by atoms with Gasteiger partial charge in [0.05, 0.1) is 0 Å². The van der Waals surface area contributed by atoms with Crippen LogP contribution in [0.15, 0.2) is 18.2 Å². The molecule has 3 N–H and O–H groups in total. The molecule has 0 saturated carbocycles. The van der Waals surface area contributed by atoms with Crippen molar-refractivity contribution in [2.24, 2.45) is 5.73 Å². The Morgan fingerprint density at radius 2 is 2.00 bits per heavy atom. The minimum atomic E-state index is -0.432. The molecule has 0 saturated heterocycles. The Kier molecular flexibility index (Phi) is 3.77. The Bertz CT molecular complexity index is 337. The molecular weight excluding hydrogens is 198 g/mol. The SMILES string of the molecule is CC(C)(CN)NCc1cc(F)ccc1F. The van der Waals surface area contributed by atoms with Gasteiger partial charge in [-0.25, -0.2) is 8.78 Å². The zero-order valence-corrected chi connectivity index (χ0v) is 8.98. The van der Waals surface area contributed by atoms with E-state index < -0.39 is 11.6 Å². The molecule has 0 amide bonds. The molecule has 0 aliphatic heterocycles. The van der Waals surface area contributed by atoms with E-state index in [1.807, 2.05) is 13.8 Å². The second-order valence-corrected chi connectivity index (χ2v) is 4.18. The summed E-state index contributed by atoms with van der Waals surface area (Å²) in [4.78, 5) is 0. The summed E-state index contributed by atoms with van der Waals surface area (Å²) in [6.45, 7) is 4.52. The molecule has 0 heterocycles. The summed E-state index contributed by atoms with van der Waals surface area (Å²) in [5.41, 5.74) is 5.55. The third-order valence-electron chi connectivity index (χ3n) is 2.28. The second-order valence-electron chi connectivity index (χ2n) is 4.18. The van der Waals surface area contributed by atoms with Gasteiger partial charge in [-0.2, -0.15) is 0 Å². The smallest absolute Gasteiger partial charge is 0.127 e. The third kappa shape index (κ3) is 3.57. The van der Waals surface area contributed by atoms with Gasteiger partial charge >= 0.3 is 0 Å². The fourth-order valence-corrected chi connectivity index (χ4v) is 1.09. The van der Waals surface area contributed by atoms with Crippen molar-refractivity contribution in [1.82, 2.24) is 5.32 Å². The van der Waals surface area contributed by atoms with Crippen LogP contribution in [0.1, 0.15) is 19.4 Å². The van der Waals surface area contributed by atoms with Crippen LogP contribution in [0.4, 0.5) is 8.78 Å². The van der Waals surface area contributed by atoms with Gasteiger partial charge in [-0.3, -0.25) is 0 Å². The number of rotatable bonds is 4. The Morgan fingerprint density at radius 1 is 1.33 bits per heavy atom. The van der Waals surface area contributed by atoms with Crippen molar-refractivity contribution in [2.75, 3.05) is 6.54 Å². The first kappa shape index (κ1) is 12.1. The van der Waals surface area contributed by atoms with E-state index in [4.69, 9.17) is 5.73 Å². The summed E-state index contributed by atoms with van der Waals surface area (Å²) in [5, 5.41) is 3.06. The molecular formula is C11H16F2N2. The number of hydrogen-bond donors (Lipinski definition) is 2. The van der Waals surface area contributed by atoms with E-state index in [2.05, 4.69) is 5.32 Å². The van der Waals surface area contributed by atoms with Gasteiger partial charge in [0, 0.05) is 24.2 Å². The van der Waals surface area contributed by atoms with Crippen LogP contribution in [0, 0.1) is 11.6 Å². The van der Waals surface area contributed by atoms with Gasteiger partial charge in [-0.15, -0.1) is 0 Å². The van der Waals surface area contributed by atoms with Crippen LogP contribution < -0.4 is 11.1 Å². The number of benzene rings is 1. The molecule has 0 spiro atoms. The highest BCUT2D eigenvalue weighted by molar-refractivity contribution is 5.18. The summed E-state index contributed by atoms with van der Waals surface area (Å²) >= 11 is 0. The van der Waals surface area contributed by atoms with Crippen LogP contribution in [-0.2, 0) is 6.54 Å². The molecule has 4 heteroatoms. The van der Waals surface area contributed by atoms with Crippen LogP contribution in [0.2, 0.25) is 0 Å². The number of halogens is 2. The standard InChI is InChI=1S/C11H16F2N2/c1-11(2,7-14)15-6-8-5-9(12)3-4-10(8)13/h3-5,15H,6-7,14H2,1-2H3. The molecule has 2 nitrogen and oxygen atoms in total. The van der Waals surface area contributed by atoms with Crippen molar-refractivity contribution < 1.29 is 8.78 Å². The van der Waals surface area contributed by atoms with E-state index in [9.17, 15) is 8.78 Å². The average Bonchev–Trinajstić information content (AvgIpc) is 2.20. The first-order chi connectivity index (χ1) is 6.94. The van der Waals surface area contributed by atoms with Gasteiger partial charge in [0.1, 0.15) is 11.6 Å². The lowest BCUT2D eigenvalue weighted by atomic mass is 10.1. The third-order valence-corrected chi connectivity index (χ3v) is 2.28. The Labute approximate surface area is 88.5 Å². The van der Waals surface area contributed by atoms with E-state index >= 15 is 0 Å². The fourth-order valence-electron chi connectivity index (χ4n) is 1.09. The minimum absolute atomic E-state index is 0.272. The summed E-state index contributed by atoms with van der Waals surface area (Å²) < 4.78 is 26.0. The van der Waals surface area contributed by atoms with Crippen LogP contribution in [-0.4, -0.2) is 12.1 Å². The molecule has 0 radical (unpaired) electrons. The molecule has 15 heavy (non-hydrogen) atoms. The largest absolute Gasteiger partial charge is 0.329 e. The predicted molar refractivity (Wildman–Crippen MR) is 56.3 cm³/mol.